The van der Waals surface area contributed by atoms with Crippen LogP contribution in [-0.4, -0.2) is 39.6 Å². The predicted molar refractivity (Wildman–Crippen MR) is 104 cm³/mol. The van der Waals surface area contributed by atoms with Crippen LogP contribution in [0.1, 0.15) is 22.2 Å². The van der Waals surface area contributed by atoms with Crippen LogP contribution < -0.4 is 10.2 Å². The second-order valence-corrected chi connectivity index (χ2v) is 9.52. The number of benzene rings is 1. The van der Waals surface area contributed by atoms with E-state index in [-0.39, 0.29) is 22.9 Å². The van der Waals surface area contributed by atoms with Crippen molar-refractivity contribution in [3.05, 3.63) is 58.7 Å². The zero-order valence-electron chi connectivity index (χ0n) is 15.3. The van der Waals surface area contributed by atoms with Gasteiger partial charge in [0.05, 0.1) is 18.4 Å². The van der Waals surface area contributed by atoms with E-state index in [1.165, 1.54) is 29.1 Å². The predicted octanol–water partition coefficient (Wildman–Crippen LogP) is 1.12. The maximum Gasteiger partial charge on any atom is 0.268 e. The van der Waals surface area contributed by atoms with Crippen molar-refractivity contribution >= 4 is 27.3 Å². The van der Waals surface area contributed by atoms with E-state index in [9.17, 15) is 18.3 Å². The number of hydrogen-bond donors (Lipinski definition) is 4. The lowest BCUT2D eigenvalue weighted by Gasteiger charge is -2.14. The number of hydroxylamine groups is 1. The molecule has 0 aliphatic carbocycles. The minimum atomic E-state index is -3.67. The molecule has 0 spiro atoms. The van der Waals surface area contributed by atoms with Gasteiger partial charge in [-0.1, -0.05) is 17.3 Å². The quantitative estimate of drug-likeness (QED) is 0.305. The van der Waals surface area contributed by atoms with Gasteiger partial charge in [-0.3, -0.25) is 10.0 Å². The van der Waals surface area contributed by atoms with Crippen LogP contribution in [0.2, 0.25) is 0 Å². The maximum atomic E-state index is 12.3. The SMILES string of the molecule is Cc1ccc(S(=O)(=O)NCc2cn([C@@H](Cc3ccc(O)cc3)C(=O)NO)nn2)s1. The van der Waals surface area contributed by atoms with Gasteiger partial charge in [0.1, 0.15) is 16.0 Å². The molecule has 1 aromatic carbocycles. The molecule has 4 N–H and O–H groups in total. The van der Waals surface area contributed by atoms with Crippen LogP contribution in [0.25, 0.3) is 0 Å². The van der Waals surface area contributed by atoms with Gasteiger partial charge in [0.15, 0.2) is 0 Å². The number of aryl methyl sites for hydroxylation is 1. The smallest absolute Gasteiger partial charge is 0.268 e. The van der Waals surface area contributed by atoms with Crippen molar-refractivity contribution in [1.82, 2.24) is 25.2 Å². The molecule has 0 aliphatic heterocycles. The lowest BCUT2D eigenvalue weighted by atomic mass is 10.1. The molecule has 3 aromatic rings. The van der Waals surface area contributed by atoms with E-state index in [1.54, 1.807) is 23.7 Å². The van der Waals surface area contributed by atoms with Crippen LogP contribution in [0, 0.1) is 6.92 Å². The van der Waals surface area contributed by atoms with Gasteiger partial charge in [-0.05, 0) is 36.8 Å². The van der Waals surface area contributed by atoms with Crippen molar-refractivity contribution in [3.8, 4) is 5.75 Å². The Labute approximate surface area is 170 Å². The summed E-state index contributed by atoms with van der Waals surface area (Å²) >= 11 is 1.16. The van der Waals surface area contributed by atoms with E-state index in [0.29, 0.717) is 5.69 Å². The molecule has 0 radical (unpaired) electrons. The summed E-state index contributed by atoms with van der Waals surface area (Å²) in [5.41, 5.74) is 2.63. The van der Waals surface area contributed by atoms with Gasteiger partial charge >= 0.3 is 0 Å². The largest absolute Gasteiger partial charge is 0.508 e. The summed E-state index contributed by atoms with van der Waals surface area (Å²) in [5.74, 6) is -0.614. The molecule has 3 rings (SSSR count). The molecule has 2 aromatic heterocycles. The number of carbonyl (C=O) groups is 1. The number of phenolic OH excluding ortho intramolecular Hbond substituents is 1. The Morgan fingerprint density at radius 1 is 1.24 bits per heavy atom. The number of hydrogen-bond acceptors (Lipinski definition) is 8. The highest BCUT2D eigenvalue weighted by Crippen LogP contribution is 2.21. The fourth-order valence-corrected chi connectivity index (χ4v) is 4.91. The average molecular weight is 438 g/mol. The van der Waals surface area contributed by atoms with Gasteiger partial charge in [0, 0.05) is 11.3 Å². The number of aromatic hydroxyl groups is 1. The molecule has 0 saturated heterocycles. The normalized spacial score (nSPS) is 12.6. The molecular formula is C17H19N5O5S2. The van der Waals surface area contributed by atoms with Crippen LogP contribution in [0.15, 0.2) is 46.8 Å². The van der Waals surface area contributed by atoms with Crippen LogP contribution in [0.4, 0.5) is 0 Å². The van der Waals surface area contributed by atoms with Crippen molar-refractivity contribution in [2.45, 2.75) is 30.1 Å². The Morgan fingerprint density at radius 3 is 2.59 bits per heavy atom. The molecule has 154 valence electrons. The van der Waals surface area contributed by atoms with Crippen molar-refractivity contribution in [3.63, 3.8) is 0 Å². The second kappa shape index (κ2) is 8.69. The molecule has 2 heterocycles. The number of phenols is 1. The van der Waals surface area contributed by atoms with Gasteiger partial charge in [-0.15, -0.1) is 16.4 Å². The second-order valence-electron chi connectivity index (χ2n) is 6.24. The number of aromatic nitrogens is 3. The van der Waals surface area contributed by atoms with E-state index in [1.807, 2.05) is 6.92 Å². The highest BCUT2D eigenvalue weighted by atomic mass is 32.2. The van der Waals surface area contributed by atoms with Gasteiger partial charge in [0.25, 0.3) is 5.91 Å². The minimum Gasteiger partial charge on any atom is -0.508 e. The topological polar surface area (TPSA) is 146 Å². The third-order valence-electron chi connectivity index (χ3n) is 4.08. The van der Waals surface area contributed by atoms with Crippen molar-refractivity contribution in [2.24, 2.45) is 0 Å². The third kappa shape index (κ3) is 5.17. The number of nitrogens with one attached hydrogen (secondary N) is 2. The van der Waals surface area contributed by atoms with Crippen LogP contribution in [-0.2, 0) is 27.8 Å². The molecule has 0 bridgehead atoms. The van der Waals surface area contributed by atoms with E-state index >= 15 is 0 Å². The first-order valence-electron chi connectivity index (χ1n) is 8.47. The Morgan fingerprint density at radius 2 is 1.97 bits per heavy atom. The summed E-state index contributed by atoms with van der Waals surface area (Å²) < 4.78 is 28.5. The molecule has 10 nitrogen and oxygen atoms in total. The first-order chi connectivity index (χ1) is 13.8. The number of amides is 1. The van der Waals surface area contributed by atoms with E-state index < -0.39 is 22.0 Å². The number of nitrogens with zero attached hydrogens (tertiary/aromatic N) is 3. The fraction of sp³-hybridized carbons (Fsp3) is 0.235. The monoisotopic (exact) mass is 437 g/mol. The zero-order chi connectivity index (χ0) is 21.0. The van der Waals surface area contributed by atoms with Crippen molar-refractivity contribution in [1.29, 1.82) is 0 Å². The number of carbonyl (C=O) groups excluding carboxylic acids is 1. The standard InChI is InChI=1S/C17H19N5O5S2/c1-11-2-7-16(28-11)29(26,27)18-9-13-10-22(21-19-13)15(17(24)20-25)8-12-3-5-14(23)6-4-12/h2-7,10,15,18,23,25H,8-9H2,1H3,(H,20,24)/t15-/m0/s1. The Hall–Kier alpha value is -2.80. The maximum absolute atomic E-state index is 12.3. The number of rotatable bonds is 8. The molecule has 0 saturated carbocycles. The molecule has 29 heavy (non-hydrogen) atoms. The summed E-state index contributed by atoms with van der Waals surface area (Å²) in [6.45, 7) is 1.71. The first-order valence-corrected chi connectivity index (χ1v) is 10.8. The van der Waals surface area contributed by atoms with Crippen LogP contribution in [0.5, 0.6) is 5.75 Å². The Kier molecular flexibility index (Phi) is 6.27. The summed E-state index contributed by atoms with van der Waals surface area (Å²) in [5, 5.41) is 26.2. The summed E-state index contributed by atoms with van der Waals surface area (Å²) in [4.78, 5) is 13.0. The molecule has 0 fully saturated rings. The lowest BCUT2D eigenvalue weighted by molar-refractivity contribution is -0.133. The highest BCUT2D eigenvalue weighted by molar-refractivity contribution is 7.91. The van der Waals surface area contributed by atoms with E-state index in [2.05, 4.69) is 15.0 Å². The first kappa shape index (κ1) is 20.9. The summed E-state index contributed by atoms with van der Waals surface area (Å²) in [6, 6.07) is 8.58. The third-order valence-corrected chi connectivity index (χ3v) is 6.97. The van der Waals surface area contributed by atoms with Gasteiger partial charge < -0.3 is 5.11 Å². The summed E-state index contributed by atoms with van der Waals surface area (Å²) in [6.07, 6.45) is 1.61. The molecule has 0 unspecified atom stereocenters. The zero-order valence-corrected chi connectivity index (χ0v) is 16.9. The molecule has 12 heteroatoms. The number of sulfonamides is 1. The van der Waals surface area contributed by atoms with Gasteiger partial charge in [-0.25, -0.2) is 23.3 Å². The average Bonchev–Trinajstić information content (AvgIpc) is 3.35. The Balaban J connectivity index is 1.73. The highest BCUT2D eigenvalue weighted by Gasteiger charge is 2.23. The van der Waals surface area contributed by atoms with Crippen LogP contribution >= 0.6 is 11.3 Å². The molecule has 1 atom stereocenters. The van der Waals surface area contributed by atoms with Crippen molar-refractivity contribution in [2.75, 3.05) is 0 Å². The number of thiophene rings is 1. The van der Waals surface area contributed by atoms with Crippen molar-refractivity contribution < 1.29 is 23.5 Å². The van der Waals surface area contributed by atoms with Gasteiger partial charge in [-0.2, -0.15) is 0 Å². The minimum absolute atomic E-state index is 0.0909. The van der Waals surface area contributed by atoms with Crippen LogP contribution in [0.3, 0.4) is 0 Å². The molecule has 0 aliphatic rings. The van der Waals surface area contributed by atoms with Gasteiger partial charge in [0.2, 0.25) is 10.0 Å². The lowest BCUT2D eigenvalue weighted by Crippen LogP contribution is -2.32. The molecular weight excluding hydrogens is 418 g/mol. The summed E-state index contributed by atoms with van der Waals surface area (Å²) in [7, 11) is -3.67. The molecule has 1 amide bonds. The van der Waals surface area contributed by atoms with E-state index in [4.69, 9.17) is 5.21 Å². The van der Waals surface area contributed by atoms with E-state index in [0.717, 1.165) is 21.8 Å². The fourth-order valence-electron chi connectivity index (χ4n) is 2.58. The Bertz CT molecular complexity index is 1090.